The summed E-state index contributed by atoms with van der Waals surface area (Å²) in [5, 5.41) is 18.7. The van der Waals surface area contributed by atoms with Crippen molar-refractivity contribution >= 4 is 28.4 Å². The van der Waals surface area contributed by atoms with E-state index in [4.69, 9.17) is 11.6 Å². The van der Waals surface area contributed by atoms with E-state index in [1.807, 2.05) is 18.7 Å². The molecule has 1 aromatic carbocycles. The summed E-state index contributed by atoms with van der Waals surface area (Å²) in [4.78, 5) is 14.9. The smallest absolute Gasteiger partial charge is 0.225 e. The van der Waals surface area contributed by atoms with Crippen LogP contribution < -0.4 is 0 Å². The van der Waals surface area contributed by atoms with Crippen LogP contribution in [0.4, 0.5) is 4.39 Å². The third-order valence-electron chi connectivity index (χ3n) is 7.46. The van der Waals surface area contributed by atoms with Crippen LogP contribution in [0.15, 0.2) is 12.3 Å². The molecule has 2 fully saturated rings. The molecule has 2 N–H and O–H groups in total. The molecule has 0 bridgehead atoms. The number of aromatic nitrogens is 2. The maximum atomic E-state index is 14.9. The van der Waals surface area contributed by atoms with Crippen LogP contribution in [-0.2, 0) is 4.79 Å². The van der Waals surface area contributed by atoms with Gasteiger partial charge in [-0.05, 0) is 43.1 Å². The molecule has 1 aromatic heterocycles. The van der Waals surface area contributed by atoms with Crippen LogP contribution in [0, 0.1) is 23.1 Å². The maximum Gasteiger partial charge on any atom is 0.225 e. The molecule has 2 aliphatic rings. The minimum absolute atomic E-state index is 0.0124. The number of nitrogens with zero attached hydrogens (tertiary/aromatic N) is 2. The Morgan fingerprint density at radius 1 is 1.27 bits per heavy atom. The number of halogens is 2. The Hall–Kier alpha value is -1.66. The number of nitrogens with one attached hydrogen (secondary N) is 1. The second-order valence-electron chi connectivity index (χ2n) is 9.58. The number of hydrogen-bond donors (Lipinski definition) is 2. The van der Waals surface area contributed by atoms with E-state index in [2.05, 4.69) is 10.2 Å². The van der Waals surface area contributed by atoms with Crippen LogP contribution in [0.2, 0.25) is 5.02 Å². The summed E-state index contributed by atoms with van der Waals surface area (Å²) in [6.45, 7) is 5.36. The van der Waals surface area contributed by atoms with E-state index in [0.717, 1.165) is 38.5 Å². The molecule has 1 saturated heterocycles. The second-order valence-corrected chi connectivity index (χ2v) is 9.99. The molecule has 2 aromatic rings. The van der Waals surface area contributed by atoms with Crippen LogP contribution >= 0.6 is 11.6 Å². The second kappa shape index (κ2) is 8.46. The number of piperidine rings is 1. The Kier molecular flexibility index (Phi) is 6.08. The molecule has 0 spiro atoms. The van der Waals surface area contributed by atoms with E-state index in [1.165, 1.54) is 12.5 Å². The number of fused-ring (bicyclic) bond motifs is 1. The molecule has 5 nitrogen and oxygen atoms in total. The van der Waals surface area contributed by atoms with E-state index in [1.54, 1.807) is 6.20 Å². The fourth-order valence-electron chi connectivity index (χ4n) is 5.36. The van der Waals surface area contributed by atoms with E-state index in [9.17, 15) is 14.3 Å². The summed E-state index contributed by atoms with van der Waals surface area (Å²) in [7, 11) is 0. The first kappa shape index (κ1) is 21.6. The molecule has 1 aliphatic carbocycles. The molecule has 0 radical (unpaired) electrons. The lowest BCUT2D eigenvalue weighted by atomic mass is 9.68. The predicted octanol–water partition coefficient (Wildman–Crippen LogP) is 5.23. The largest absolute Gasteiger partial charge is 0.388 e. The van der Waals surface area contributed by atoms with Crippen LogP contribution in [0.3, 0.4) is 0 Å². The SMILES string of the molecule is CC(C)(C1CCN(C(=O)C2CCCCC2)CC1)[C@H](O)c1c(F)c(Cl)cc2cn[nH]c12. The third-order valence-corrected chi connectivity index (χ3v) is 7.73. The Balaban J connectivity index is 1.49. The Morgan fingerprint density at radius 2 is 1.93 bits per heavy atom. The highest BCUT2D eigenvalue weighted by atomic mass is 35.5. The number of aliphatic hydroxyl groups excluding tert-OH is 1. The molecule has 0 unspecified atom stereocenters. The van der Waals surface area contributed by atoms with Crippen molar-refractivity contribution in [3.8, 4) is 0 Å². The van der Waals surface area contributed by atoms with Gasteiger partial charge in [0.1, 0.15) is 5.82 Å². The van der Waals surface area contributed by atoms with Crippen molar-refractivity contribution in [1.82, 2.24) is 15.1 Å². The summed E-state index contributed by atoms with van der Waals surface area (Å²) in [6, 6.07) is 1.52. The van der Waals surface area contributed by atoms with Crippen LogP contribution in [0.5, 0.6) is 0 Å². The van der Waals surface area contributed by atoms with Gasteiger partial charge in [0.25, 0.3) is 0 Å². The molecular formula is C23H31ClFN3O2. The highest BCUT2D eigenvalue weighted by Gasteiger charge is 2.42. The van der Waals surface area contributed by atoms with E-state index >= 15 is 0 Å². The van der Waals surface area contributed by atoms with E-state index in [-0.39, 0.29) is 22.4 Å². The van der Waals surface area contributed by atoms with Crippen molar-refractivity contribution in [3.63, 3.8) is 0 Å². The molecule has 1 saturated carbocycles. The highest BCUT2D eigenvalue weighted by molar-refractivity contribution is 6.31. The average molecular weight is 436 g/mol. The first-order chi connectivity index (χ1) is 14.3. The minimum atomic E-state index is -1.04. The zero-order valence-corrected chi connectivity index (χ0v) is 18.5. The lowest BCUT2D eigenvalue weighted by molar-refractivity contribution is -0.139. The molecule has 1 atom stereocenters. The summed E-state index contributed by atoms with van der Waals surface area (Å²) >= 11 is 6.09. The van der Waals surface area contributed by atoms with Gasteiger partial charge < -0.3 is 10.0 Å². The van der Waals surface area contributed by atoms with E-state index in [0.29, 0.717) is 29.9 Å². The van der Waals surface area contributed by atoms with Gasteiger partial charge in [-0.15, -0.1) is 0 Å². The van der Waals surface area contributed by atoms with Gasteiger partial charge in [0.05, 0.1) is 22.8 Å². The Labute approximate surface area is 182 Å². The lowest BCUT2D eigenvalue weighted by Gasteiger charge is -2.44. The number of aliphatic hydroxyl groups is 1. The van der Waals surface area contributed by atoms with Gasteiger partial charge in [0, 0.05) is 30.0 Å². The lowest BCUT2D eigenvalue weighted by Crippen LogP contribution is -2.46. The van der Waals surface area contributed by atoms with Gasteiger partial charge >= 0.3 is 0 Å². The van der Waals surface area contributed by atoms with Gasteiger partial charge in [-0.2, -0.15) is 5.10 Å². The number of rotatable bonds is 4. The average Bonchev–Trinajstić information content (AvgIpc) is 3.22. The van der Waals surface area contributed by atoms with Crippen LogP contribution in [-0.4, -0.2) is 39.2 Å². The Morgan fingerprint density at radius 3 is 2.60 bits per heavy atom. The monoisotopic (exact) mass is 435 g/mol. The van der Waals surface area contributed by atoms with Crippen molar-refractivity contribution < 1.29 is 14.3 Å². The summed E-state index contributed by atoms with van der Waals surface area (Å²) in [6.07, 6.45) is 7.71. The Bertz CT molecular complexity index is 915. The van der Waals surface area contributed by atoms with E-state index < -0.39 is 17.3 Å². The quantitative estimate of drug-likeness (QED) is 0.690. The number of benzene rings is 1. The molecule has 7 heteroatoms. The minimum Gasteiger partial charge on any atom is -0.388 e. The van der Waals surface area contributed by atoms with Crippen molar-refractivity contribution in [1.29, 1.82) is 0 Å². The summed E-state index contributed by atoms with van der Waals surface area (Å²) in [5.74, 6) is 0.0489. The number of aromatic amines is 1. The van der Waals surface area contributed by atoms with Crippen molar-refractivity contribution in [3.05, 3.63) is 28.7 Å². The van der Waals surface area contributed by atoms with Crippen molar-refractivity contribution in [2.75, 3.05) is 13.1 Å². The molecule has 4 rings (SSSR count). The van der Waals surface area contributed by atoms with Crippen LogP contribution in [0.25, 0.3) is 10.9 Å². The third kappa shape index (κ3) is 3.84. The zero-order chi connectivity index (χ0) is 21.5. The molecule has 1 amide bonds. The number of carbonyl (C=O) groups excluding carboxylic acids is 1. The summed E-state index contributed by atoms with van der Waals surface area (Å²) in [5.41, 5.74) is 0.0897. The number of amides is 1. The predicted molar refractivity (Wildman–Crippen MR) is 116 cm³/mol. The fourth-order valence-corrected chi connectivity index (χ4v) is 5.58. The highest BCUT2D eigenvalue weighted by Crippen LogP contribution is 2.47. The number of carbonyl (C=O) groups is 1. The standard InChI is InChI=1S/C23H31ClFN3O2/c1-23(2,21(29)18-19(25)17(24)12-15-13-26-27-20(15)18)16-8-10-28(11-9-16)22(30)14-6-4-3-5-7-14/h12-14,16,21,29H,3-11H2,1-2H3,(H,26,27)/t21-/m1/s1. The topological polar surface area (TPSA) is 69.2 Å². The number of H-pyrrole nitrogens is 1. The normalized spacial score (nSPS) is 20.6. The van der Waals surface area contributed by atoms with Gasteiger partial charge in [-0.3, -0.25) is 9.89 Å². The van der Waals surface area contributed by atoms with Crippen molar-refractivity contribution in [2.45, 2.75) is 64.9 Å². The van der Waals surface area contributed by atoms with Crippen molar-refractivity contribution in [2.24, 2.45) is 17.3 Å². The van der Waals surface area contributed by atoms with Gasteiger partial charge in [-0.25, -0.2) is 4.39 Å². The molecular weight excluding hydrogens is 405 g/mol. The fraction of sp³-hybridized carbons (Fsp3) is 0.652. The van der Waals surface area contributed by atoms with Gasteiger partial charge in [-0.1, -0.05) is 44.7 Å². The maximum absolute atomic E-state index is 14.9. The molecule has 2 heterocycles. The number of likely N-dealkylation sites (tertiary alicyclic amines) is 1. The molecule has 1 aliphatic heterocycles. The molecule has 164 valence electrons. The zero-order valence-electron chi connectivity index (χ0n) is 17.8. The van der Waals surface area contributed by atoms with Gasteiger partial charge in [0.2, 0.25) is 5.91 Å². The van der Waals surface area contributed by atoms with Gasteiger partial charge in [0.15, 0.2) is 0 Å². The summed E-state index contributed by atoms with van der Waals surface area (Å²) < 4.78 is 14.9. The van der Waals surface area contributed by atoms with Crippen LogP contribution in [0.1, 0.15) is 70.5 Å². The first-order valence-electron chi connectivity index (χ1n) is 11.1. The molecule has 30 heavy (non-hydrogen) atoms. The number of hydrogen-bond acceptors (Lipinski definition) is 3. The first-order valence-corrected chi connectivity index (χ1v) is 11.5.